The molecule has 1 amide bonds. The molecule has 0 bridgehead atoms. The topological polar surface area (TPSA) is 74.8 Å². The lowest BCUT2D eigenvalue weighted by Crippen LogP contribution is -2.25. The van der Waals surface area contributed by atoms with Crippen LogP contribution in [0.3, 0.4) is 0 Å². The van der Waals surface area contributed by atoms with Crippen LogP contribution in [0, 0.1) is 5.82 Å². The minimum Gasteiger partial charge on any atom is -0.323 e. The average molecular weight is 295 g/mol. The third-order valence-electron chi connectivity index (χ3n) is 2.93. The zero-order valence-electron chi connectivity index (χ0n) is 11.1. The van der Waals surface area contributed by atoms with Crippen molar-refractivity contribution in [1.29, 1.82) is 0 Å². The van der Waals surface area contributed by atoms with Crippen molar-refractivity contribution >= 4 is 34.3 Å². The number of carbonyl (C=O) groups is 1. The number of H-pyrrole nitrogens is 1. The molecule has 20 heavy (non-hydrogen) atoms. The highest BCUT2D eigenvalue weighted by Crippen LogP contribution is 2.21. The molecule has 5 nitrogen and oxygen atoms in total. The van der Waals surface area contributed by atoms with Crippen molar-refractivity contribution < 1.29 is 9.18 Å². The number of anilines is 1. The Morgan fingerprint density at radius 2 is 2.30 bits per heavy atom. The number of nitrogens with one attached hydrogen (secondary N) is 2. The van der Waals surface area contributed by atoms with E-state index in [4.69, 9.17) is 0 Å². The second-order valence-corrected chi connectivity index (χ2v) is 5.24. The van der Waals surface area contributed by atoms with Gasteiger partial charge in [-0.2, -0.15) is 11.8 Å². The van der Waals surface area contributed by atoms with E-state index in [-0.39, 0.29) is 33.3 Å². The SMILES string of the molecule is CC[C@H](SC)C(=O)Nc1cc2c(=O)[nH]cnc2cc1F. The Morgan fingerprint density at radius 3 is 2.95 bits per heavy atom. The van der Waals surface area contributed by atoms with Crippen molar-refractivity contribution in [1.82, 2.24) is 9.97 Å². The number of hydrogen-bond donors (Lipinski definition) is 2. The van der Waals surface area contributed by atoms with Gasteiger partial charge >= 0.3 is 0 Å². The molecule has 1 heterocycles. The van der Waals surface area contributed by atoms with E-state index in [1.807, 2.05) is 13.2 Å². The van der Waals surface area contributed by atoms with Crippen LogP contribution in [0.4, 0.5) is 10.1 Å². The Labute approximate surface area is 119 Å². The Balaban J connectivity index is 2.40. The maximum absolute atomic E-state index is 13.9. The Morgan fingerprint density at radius 1 is 1.55 bits per heavy atom. The lowest BCUT2D eigenvalue weighted by Gasteiger charge is -2.13. The predicted molar refractivity (Wildman–Crippen MR) is 78.5 cm³/mol. The lowest BCUT2D eigenvalue weighted by atomic mass is 10.2. The summed E-state index contributed by atoms with van der Waals surface area (Å²) in [6, 6.07) is 2.45. The monoisotopic (exact) mass is 295 g/mol. The van der Waals surface area contributed by atoms with Crippen LogP contribution in [-0.4, -0.2) is 27.4 Å². The summed E-state index contributed by atoms with van der Waals surface area (Å²) in [5, 5.41) is 2.50. The van der Waals surface area contributed by atoms with E-state index in [2.05, 4.69) is 15.3 Å². The first-order valence-electron chi connectivity index (χ1n) is 6.07. The van der Waals surface area contributed by atoms with Crippen molar-refractivity contribution in [2.45, 2.75) is 18.6 Å². The van der Waals surface area contributed by atoms with Crippen LogP contribution in [0.2, 0.25) is 0 Å². The van der Waals surface area contributed by atoms with Crippen LogP contribution >= 0.6 is 11.8 Å². The third kappa shape index (κ3) is 2.82. The fourth-order valence-corrected chi connectivity index (χ4v) is 2.46. The number of aromatic nitrogens is 2. The molecule has 7 heteroatoms. The van der Waals surface area contributed by atoms with E-state index >= 15 is 0 Å². The summed E-state index contributed by atoms with van der Waals surface area (Å²) in [5.41, 5.74) is -0.128. The van der Waals surface area contributed by atoms with Crippen LogP contribution in [0.1, 0.15) is 13.3 Å². The van der Waals surface area contributed by atoms with Crippen molar-refractivity contribution in [3.63, 3.8) is 0 Å². The van der Waals surface area contributed by atoms with Gasteiger partial charge in [-0.3, -0.25) is 9.59 Å². The first kappa shape index (κ1) is 14.5. The van der Waals surface area contributed by atoms with Crippen LogP contribution < -0.4 is 10.9 Å². The molecule has 106 valence electrons. The van der Waals surface area contributed by atoms with Crippen molar-refractivity contribution in [2.75, 3.05) is 11.6 Å². The van der Waals surface area contributed by atoms with E-state index in [1.54, 1.807) is 0 Å². The standard InChI is InChI=1S/C13H14FN3O2S/c1-3-11(20-2)13(19)17-10-4-7-9(5-8(10)14)15-6-16-12(7)18/h4-6,11H,3H2,1-2H3,(H,17,19)(H,15,16,18)/t11-/m0/s1. The number of amides is 1. The van der Waals surface area contributed by atoms with Crippen molar-refractivity contribution in [2.24, 2.45) is 0 Å². The van der Waals surface area contributed by atoms with E-state index in [9.17, 15) is 14.0 Å². The number of nitrogens with zero attached hydrogens (tertiary/aromatic N) is 1. The van der Waals surface area contributed by atoms with E-state index in [1.165, 1.54) is 24.2 Å². The molecular weight excluding hydrogens is 281 g/mol. The first-order chi connectivity index (χ1) is 9.56. The first-order valence-corrected chi connectivity index (χ1v) is 7.36. The third-order valence-corrected chi connectivity index (χ3v) is 4.05. The fourth-order valence-electron chi connectivity index (χ4n) is 1.86. The molecule has 1 aromatic heterocycles. The number of thioether (sulfide) groups is 1. The van der Waals surface area contributed by atoms with E-state index in [0.717, 1.165) is 6.07 Å². The molecule has 0 aliphatic rings. The Kier molecular flexibility index (Phi) is 4.39. The number of benzene rings is 1. The zero-order chi connectivity index (χ0) is 14.7. The van der Waals surface area contributed by atoms with Crippen LogP contribution in [-0.2, 0) is 4.79 Å². The smallest absolute Gasteiger partial charge is 0.258 e. The van der Waals surface area contributed by atoms with Gasteiger partial charge < -0.3 is 10.3 Å². The summed E-state index contributed by atoms with van der Waals surface area (Å²) in [6.07, 6.45) is 3.67. The second kappa shape index (κ2) is 6.04. The lowest BCUT2D eigenvalue weighted by molar-refractivity contribution is -0.115. The van der Waals surface area contributed by atoms with Gasteiger partial charge in [0, 0.05) is 6.07 Å². The minimum atomic E-state index is -0.611. The Hall–Kier alpha value is -1.89. The fraction of sp³-hybridized carbons (Fsp3) is 0.308. The molecule has 0 saturated carbocycles. The number of rotatable bonds is 4. The van der Waals surface area contributed by atoms with Gasteiger partial charge in [-0.25, -0.2) is 9.37 Å². The highest BCUT2D eigenvalue weighted by atomic mass is 32.2. The normalized spacial score (nSPS) is 12.3. The molecule has 1 aromatic carbocycles. The quantitative estimate of drug-likeness (QED) is 0.906. The van der Waals surface area contributed by atoms with Crippen molar-refractivity contribution in [3.8, 4) is 0 Å². The predicted octanol–water partition coefficient (Wildman–Crippen LogP) is 2.14. The molecule has 2 rings (SSSR count). The maximum atomic E-state index is 13.9. The molecule has 2 N–H and O–H groups in total. The molecule has 0 radical (unpaired) electrons. The second-order valence-electron chi connectivity index (χ2n) is 4.20. The zero-order valence-corrected chi connectivity index (χ0v) is 11.9. The minimum absolute atomic E-state index is 0.00602. The number of carbonyl (C=O) groups excluding carboxylic acids is 1. The van der Waals surface area contributed by atoms with Crippen LogP contribution in [0.15, 0.2) is 23.3 Å². The summed E-state index contributed by atoms with van der Waals surface area (Å²) < 4.78 is 13.9. The number of aromatic amines is 1. The molecule has 0 fully saturated rings. The molecule has 1 atom stereocenters. The maximum Gasteiger partial charge on any atom is 0.258 e. The van der Waals surface area contributed by atoms with E-state index < -0.39 is 5.82 Å². The van der Waals surface area contributed by atoms with Gasteiger partial charge in [0.05, 0.1) is 28.2 Å². The molecule has 0 aliphatic heterocycles. The molecule has 0 aliphatic carbocycles. The molecule has 0 unspecified atom stereocenters. The Bertz CT molecular complexity index is 698. The largest absolute Gasteiger partial charge is 0.323 e. The number of halogens is 1. The highest BCUT2D eigenvalue weighted by molar-refractivity contribution is 7.99. The van der Waals surface area contributed by atoms with E-state index in [0.29, 0.717) is 6.42 Å². The van der Waals surface area contributed by atoms with Gasteiger partial charge in [-0.1, -0.05) is 6.92 Å². The molecular formula is C13H14FN3O2S. The molecule has 2 aromatic rings. The summed E-state index contributed by atoms with van der Waals surface area (Å²) >= 11 is 1.40. The summed E-state index contributed by atoms with van der Waals surface area (Å²) in [4.78, 5) is 29.9. The summed E-state index contributed by atoms with van der Waals surface area (Å²) in [7, 11) is 0. The van der Waals surface area contributed by atoms with Crippen LogP contribution in [0.5, 0.6) is 0 Å². The van der Waals surface area contributed by atoms with Gasteiger partial charge in [0.2, 0.25) is 5.91 Å². The molecule has 0 saturated heterocycles. The highest BCUT2D eigenvalue weighted by Gasteiger charge is 2.17. The average Bonchev–Trinajstić information content (AvgIpc) is 2.42. The molecule has 0 spiro atoms. The van der Waals surface area contributed by atoms with Gasteiger partial charge in [0.1, 0.15) is 5.82 Å². The van der Waals surface area contributed by atoms with Crippen molar-refractivity contribution in [3.05, 3.63) is 34.6 Å². The van der Waals surface area contributed by atoms with Gasteiger partial charge in [0.15, 0.2) is 0 Å². The van der Waals surface area contributed by atoms with Crippen LogP contribution in [0.25, 0.3) is 10.9 Å². The summed E-state index contributed by atoms with van der Waals surface area (Å²) in [6.45, 7) is 1.88. The number of hydrogen-bond acceptors (Lipinski definition) is 4. The van der Waals surface area contributed by atoms with Gasteiger partial charge in [-0.05, 0) is 18.7 Å². The van der Waals surface area contributed by atoms with Gasteiger partial charge in [0.25, 0.3) is 5.56 Å². The van der Waals surface area contributed by atoms with Gasteiger partial charge in [-0.15, -0.1) is 0 Å². The summed E-state index contributed by atoms with van der Waals surface area (Å²) in [5.74, 6) is -0.890. The number of fused-ring (bicyclic) bond motifs is 1.